The predicted octanol–water partition coefficient (Wildman–Crippen LogP) is 2.24. The zero-order chi connectivity index (χ0) is 10.6. The Bertz CT molecular complexity index is 341. The molecule has 0 aliphatic carbocycles. The molecule has 1 aromatic carbocycles. The second kappa shape index (κ2) is 4.96. The Morgan fingerprint density at radius 3 is 2.43 bits per heavy atom. The van der Waals surface area contributed by atoms with Gasteiger partial charge in [0.15, 0.2) is 0 Å². The number of amides is 1. The molecule has 0 spiro atoms. The fourth-order valence-corrected chi connectivity index (χ4v) is 1.08. The summed E-state index contributed by atoms with van der Waals surface area (Å²) in [5.74, 6) is -0.0621. The molecule has 0 saturated heterocycles. The molecule has 1 aromatic rings. The first-order valence-corrected chi connectivity index (χ1v) is 4.95. The summed E-state index contributed by atoms with van der Waals surface area (Å²) in [7, 11) is 3.42. The van der Waals surface area contributed by atoms with Gasteiger partial charge >= 0.3 is 0 Å². The molecular weight excluding hydrogens is 242 g/mol. The molecule has 0 fully saturated rings. The lowest BCUT2D eigenvalue weighted by molar-refractivity contribution is -0.123. The normalized spacial score (nSPS) is 10.5. The van der Waals surface area contributed by atoms with E-state index in [0.29, 0.717) is 0 Å². The first kappa shape index (κ1) is 11.0. The third-order valence-corrected chi connectivity index (χ3v) is 2.18. The lowest BCUT2D eigenvalue weighted by Crippen LogP contribution is -2.18. The van der Waals surface area contributed by atoms with Crippen molar-refractivity contribution in [1.82, 2.24) is 4.90 Å². The molecule has 3 heteroatoms. The smallest absolute Gasteiger partial charge is 0.246 e. The van der Waals surface area contributed by atoms with Crippen molar-refractivity contribution in [3.8, 4) is 0 Å². The van der Waals surface area contributed by atoms with Gasteiger partial charge in [0.25, 0.3) is 0 Å². The molecular formula is C11H11BrNO. The molecule has 0 unspecified atom stereocenters. The summed E-state index contributed by atoms with van der Waals surface area (Å²) in [6.07, 6.45) is 4.35. The number of rotatable bonds is 2. The maximum absolute atomic E-state index is 11.2. The largest absolute Gasteiger partial charge is 0.345 e. The molecule has 0 aliphatic heterocycles. The second-order valence-corrected chi connectivity index (χ2v) is 3.94. The van der Waals surface area contributed by atoms with Crippen LogP contribution in [-0.2, 0) is 4.79 Å². The summed E-state index contributed by atoms with van der Waals surface area (Å²) >= 11 is 3.34. The van der Waals surface area contributed by atoms with Gasteiger partial charge in [-0.15, -0.1) is 0 Å². The van der Waals surface area contributed by atoms with Crippen molar-refractivity contribution in [3.63, 3.8) is 0 Å². The highest BCUT2D eigenvalue weighted by atomic mass is 79.9. The van der Waals surface area contributed by atoms with Crippen LogP contribution >= 0.6 is 15.9 Å². The summed E-state index contributed by atoms with van der Waals surface area (Å²) in [4.78, 5) is 12.7. The van der Waals surface area contributed by atoms with Crippen molar-refractivity contribution in [2.45, 2.75) is 0 Å². The van der Waals surface area contributed by atoms with Crippen LogP contribution in [0.5, 0.6) is 0 Å². The van der Waals surface area contributed by atoms with E-state index >= 15 is 0 Å². The minimum absolute atomic E-state index is 0.0621. The number of carbonyl (C=O) groups is 1. The molecule has 0 heterocycles. The lowest BCUT2D eigenvalue weighted by Gasteiger charge is -2.04. The first-order valence-electron chi connectivity index (χ1n) is 4.16. The second-order valence-electron chi connectivity index (χ2n) is 3.03. The summed E-state index contributed by atoms with van der Waals surface area (Å²) in [6, 6.07) is 7.61. The van der Waals surface area contributed by atoms with Gasteiger partial charge in [0.2, 0.25) is 5.91 Å². The fraction of sp³-hybridized carbons (Fsp3) is 0.182. The van der Waals surface area contributed by atoms with E-state index in [1.165, 1.54) is 11.0 Å². The van der Waals surface area contributed by atoms with Gasteiger partial charge in [-0.1, -0.05) is 28.1 Å². The van der Waals surface area contributed by atoms with Gasteiger partial charge in [-0.2, -0.15) is 0 Å². The van der Waals surface area contributed by atoms with Gasteiger partial charge in [-0.3, -0.25) is 4.79 Å². The highest BCUT2D eigenvalue weighted by molar-refractivity contribution is 9.10. The Kier molecular flexibility index (Phi) is 3.89. The van der Waals surface area contributed by atoms with E-state index in [2.05, 4.69) is 22.0 Å². The number of carbonyl (C=O) groups excluding carboxylic acids is 1. The van der Waals surface area contributed by atoms with Crippen LogP contribution in [0.25, 0.3) is 0 Å². The van der Waals surface area contributed by atoms with Crippen molar-refractivity contribution in [3.05, 3.63) is 46.5 Å². The van der Waals surface area contributed by atoms with E-state index in [1.807, 2.05) is 24.3 Å². The molecule has 2 nitrogen and oxygen atoms in total. The summed E-state index contributed by atoms with van der Waals surface area (Å²) in [5, 5.41) is 0. The van der Waals surface area contributed by atoms with E-state index in [9.17, 15) is 4.79 Å². The third kappa shape index (κ3) is 3.34. The zero-order valence-electron chi connectivity index (χ0n) is 8.12. The number of benzene rings is 1. The van der Waals surface area contributed by atoms with E-state index in [1.54, 1.807) is 14.1 Å². The summed E-state index contributed by atoms with van der Waals surface area (Å²) in [5.41, 5.74) is 0.892. The van der Waals surface area contributed by atoms with Gasteiger partial charge < -0.3 is 4.90 Å². The highest BCUT2D eigenvalue weighted by Crippen LogP contribution is 2.10. The molecule has 0 N–H and O–H groups in total. The first-order chi connectivity index (χ1) is 6.59. The predicted molar refractivity (Wildman–Crippen MR) is 59.8 cm³/mol. The molecule has 0 bridgehead atoms. The molecule has 0 aliphatic rings. The van der Waals surface area contributed by atoms with Crippen LogP contribution in [0.15, 0.2) is 34.8 Å². The van der Waals surface area contributed by atoms with Gasteiger partial charge in [-0.25, -0.2) is 0 Å². The molecule has 0 saturated carbocycles. The van der Waals surface area contributed by atoms with E-state index < -0.39 is 0 Å². The van der Waals surface area contributed by atoms with E-state index in [0.717, 1.165) is 10.0 Å². The van der Waals surface area contributed by atoms with Crippen molar-refractivity contribution in [2.75, 3.05) is 14.1 Å². The lowest BCUT2D eigenvalue weighted by atomic mass is 10.2. The van der Waals surface area contributed by atoms with E-state index in [4.69, 9.17) is 0 Å². The molecule has 1 amide bonds. The summed E-state index contributed by atoms with van der Waals surface area (Å²) in [6.45, 7) is 0. The van der Waals surface area contributed by atoms with Crippen LogP contribution in [0, 0.1) is 6.08 Å². The van der Waals surface area contributed by atoms with Gasteiger partial charge in [-0.05, 0) is 23.8 Å². The third-order valence-electron chi connectivity index (χ3n) is 1.65. The Labute approximate surface area is 92.4 Å². The van der Waals surface area contributed by atoms with Crippen LogP contribution in [0.3, 0.4) is 0 Å². The minimum atomic E-state index is -0.0621. The topological polar surface area (TPSA) is 20.3 Å². The molecule has 0 aromatic heterocycles. The van der Waals surface area contributed by atoms with Crippen molar-refractivity contribution in [1.29, 1.82) is 0 Å². The van der Waals surface area contributed by atoms with Crippen LogP contribution < -0.4 is 0 Å². The van der Waals surface area contributed by atoms with Crippen LogP contribution in [0.2, 0.25) is 0 Å². The number of hydrogen-bond donors (Lipinski definition) is 0. The molecule has 1 rings (SSSR count). The van der Waals surface area contributed by atoms with Gasteiger partial charge in [0, 0.05) is 24.6 Å². The van der Waals surface area contributed by atoms with Crippen LogP contribution in [0.1, 0.15) is 5.56 Å². The number of halogens is 1. The maximum Gasteiger partial charge on any atom is 0.246 e. The van der Waals surface area contributed by atoms with Gasteiger partial charge in [0.1, 0.15) is 0 Å². The standard InChI is InChI=1S/C11H11BrNO/c1-13(2)11(14)8-5-9-3-6-10(12)7-4-9/h3-4,6-8H,1-2H3. The average molecular weight is 253 g/mol. The number of hydrogen-bond acceptors (Lipinski definition) is 1. The van der Waals surface area contributed by atoms with Crippen LogP contribution in [-0.4, -0.2) is 24.9 Å². The van der Waals surface area contributed by atoms with Crippen molar-refractivity contribution < 1.29 is 4.79 Å². The van der Waals surface area contributed by atoms with Crippen LogP contribution in [0.4, 0.5) is 0 Å². The van der Waals surface area contributed by atoms with Gasteiger partial charge in [0.05, 0.1) is 0 Å². The molecule has 14 heavy (non-hydrogen) atoms. The van der Waals surface area contributed by atoms with Crippen molar-refractivity contribution >= 4 is 21.8 Å². The molecule has 73 valence electrons. The highest BCUT2D eigenvalue weighted by Gasteiger charge is 1.96. The average Bonchev–Trinajstić information content (AvgIpc) is 2.16. The Morgan fingerprint density at radius 1 is 1.36 bits per heavy atom. The molecule has 0 atom stereocenters. The van der Waals surface area contributed by atoms with E-state index in [-0.39, 0.29) is 5.91 Å². The number of nitrogens with zero attached hydrogens (tertiary/aromatic N) is 1. The molecule has 1 radical (unpaired) electrons. The number of likely N-dealkylation sites (N-methyl/N-ethyl adjacent to an activating group) is 1. The zero-order valence-corrected chi connectivity index (χ0v) is 9.71. The quantitative estimate of drug-likeness (QED) is 0.740. The monoisotopic (exact) mass is 252 g/mol. The Hall–Kier alpha value is -1.09. The SMILES string of the molecule is CN(C)C(=O)C=[C]c1ccc(Br)cc1. The maximum atomic E-state index is 11.2. The Morgan fingerprint density at radius 2 is 1.93 bits per heavy atom. The summed E-state index contributed by atoms with van der Waals surface area (Å²) < 4.78 is 1.02. The fourth-order valence-electron chi connectivity index (χ4n) is 0.820. The van der Waals surface area contributed by atoms with Crippen molar-refractivity contribution in [2.24, 2.45) is 0 Å². The Balaban J connectivity index is 2.69. The minimum Gasteiger partial charge on any atom is -0.345 e.